The van der Waals surface area contributed by atoms with Crippen LogP contribution in [-0.2, 0) is 11.9 Å². The molecule has 0 saturated heterocycles. The van der Waals surface area contributed by atoms with E-state index in [4.69, 9.17) is 4.74 Å². The summed E-state index contributed by atoms with van der Waals surface area (Å²) in [5, 5.41) is 0.843. The molecule has 0 aromatic heterocycles. The van der Waals surface area contributed by atoms with Crippen molar-refractivity contribution in [3.63, 3.8) is 0 Å². The zero-order chi connectivity index (χ0) is 13.0. The quantitative estimate of drug-likeness (QED) is 0.562. The van der Waals surface area contributed by atoms with E-state index >= 15 is 0 Å². The molecule has 4 heteroatoms. The van der Waals surface area contributed by atoms with E-state index in [9.17, 15) is 0 Å². The third-order valence-corrected chi connectivity index (χ3v) is 4.53. The standard InChI is InChI=1S/C14H11Br3O/c15-8-10-5-6-14(13(17)7-10)18-9-11-3-1-2-4-12(11)16/h1-7H,8-9H2. The molecule has 0 saturated carbocycles. The molecule has 0 N–H and O–H groups in total. The zero-order valence-electron chi connectivity index (χ0n) is 9.50. The van der Waals surface area contributed by atoms with E-state index in [1.54, 1.807) is 0 Å². The Hall–Kier alpha value is -0.320. The minimum Gasteiger partial charge on any atom is -0.488 e. The highest BCUT2D eigenvalue weighted by atomic mass is 79.9. The van der Waals surface area contributed by atoms with Crippen molar-refractivity contribution in [3.05, 3.63) is 62.5 Å². The second kappa shape index (κ2) is 6.73. The molecule has 0 aliphatic heterocycles. The molecule has 0 aliphatic rings. The lowest BCUT2D eigenvalue weighted by atomic mass is 10.2. The summed E-state index contributed by atoms with van der Waals surface area (Å²) in [6.07, 6.45) is 0. The lowest BCUT2D eigenvalue weighted by Crippen LogP contribution is -1.97. The van der Waals surface area contributed by atoms with Crippen molar-refractivity contribution in [1.82, 2.24) is 0 Å². The molecular weight excluding hydrogens is 424 g/mol. The second-order valence-corrected chi connectivity index (χ2v) is 6.05. The Morgan fingerprint density at radius 3 is 2.39 bits per heavy atom. The third kappa shape index (κ3) is 3.59. The van der Waals surface area contributed by atoms with Crippen molar-refractivity contribution in [2.24, 2.45) is 0 Å². The van der Waals surface area contributed by atoms with Gasteiger partial charge in [0.05, 0.1) is 4.47 Å². The summed E-state index contributed by atoms with van der Waals surface area (Å²) in [5.74, 6) is 0.857. The maximum Gasteiger partial charge on any atom is 0.134 e. The highest BCUT2D eigenvalue weighted by Crippen LogP contribution is 2.28. The largest absolute Gasteiger partial charge is 0.488 e. The Kier molecular flexibility index (Phi) is 5.27. The fourth-order valence-corrected chi connectivity index (χ4v) is 2.80. The lowest BCUT2D eigenvalue weighted by molar-refractivity contribution is 0.303. The van der Waals surface area contributed by atoms with E-state index < -0.39 is 0 Å². The number of ether oxygens (including phenoxy) is 1. The first-order valence-electron chi connectivity index (χ1n) is 5.41. The number of hydrogen-bond donors (Lipinski definition) is 0. The monoisotopic (exact) mass is 432 g/mol. The summed E-state index contributed by atoms with van der Waals surface area (Å²) in [7, 11) is 0. The third-order valence-electron chi connectivity index (χ3n) is 2.49. The minimum atomic E-state index is 0.549. The van der Waals surface area contributed by atoms with Gasteiger partial charge in [0, 0.05) is 15.4 Å². The Balaban J connectivity index is 2.09. The van der Waals surface area contributed by atoms with E-state index in [1.807, 2.05) is 30.3 Å². The van der Waals surface area contributed by atoms with E-state index in [2.05, 4.69) is 59.9 Å². The van der Waals surface area contributed by atoms with Crippen LogP contribution in [0.4, 0.5) is 0 Å². The molecule has 2 aromatic carbocycles. The van der Waals surface area contributed by atoms with Crippen LogP contribution in [0.2, 0.25) is 0 Å². The van der Waals surface area contributed by atoms with Crippen molar-refractivity contribution in [2.75, 3.05) is 0 Å². The number of benzene rings is 2. The number of hydrogen-bond acceptors (Lipinski definition) is 1. The molecule has 0 heterocycles. The predicted octanol–water partition coefficient (Wildman–Crippen LogP) is 5.69. The summed E-state index contributed by atoms with van der Waals surface area (Å²) in [6.45, 7) is 0.549. The molecule has 0 radical (unpaired) electrons. The molecule has 18 heavy (non-hydrogen) atoms. The van der Waals surface area contributed by atoms with Crippen molar-refractivity contribution in [1.29, 1.82) is 0 Å². The van der Waals surface area contributed by atoms with Gasteiger partial charge in [-0.05, 0) is 39.7 Å². The first-order valence-corrected chi connectivity index (χ1v) is 8.12. The van der Waals surface area contributed by atoms with Gasteiger partial charge in [-0.15, -0.1) is 0 Å². The Morgan fingerprint density at radius 2 is 1.72 bits per heavy atom. The first kappa shape index (κ1) is 14.1. The SMILES string of the molecule is BrCc1ccc(OCc2ccccc2Br)c(Br)c1. The molecule has 2 rings (SSSR count). The fraction of sp³-hybridized carbons (Fsp3) is 0.143. The van der Waals surface area contributed by atoms with Crippen molar-refractivity contribution in [3.8, 4) is 5.75 Å². The van der Waals surface area contributed by atoms with Gasteiger partial charge < -0.3 is 4.74 Å². The minimum absolute atomic E-state index is 0.549. The van der Waals surface area contributed by atoms with Gasteiger partial charge in [-0.25, -0.2) is 0 Å². The molecular formula is C14H11Br3O. The summed E-state index contributed by atoms with van der Waals surface area (Å²) in [4.78, 5) is 0. The average Bonchev–Trinajstić information content (AvgIpc) is 2.39. The van der Waals surface area contributed by atoms with Gasteiger partial charge in [0.1, 0.15) is 12.4 Å². The van der Waals surface area contributed by atoms with E-state index in [0.717, 1.165) is 25.6 Å². The molecule has 0 spiro atoms. The van der Waals surface area contributed by atoms with Gasteiger partial charge in [-0.2, -0.15) is 0 Å². The molecule has 0 amide bonds. The molecule has 1 nitrogen and oxygen atoms in total. The van der Waals surface area contributed by atoms with Crippen LogP contribution < -0.4 is 4.74 Å². The van der Waals surface area contributed by atoms with Crippen LogP contribution in [0.5, 0.6) is 5.75 Å². The normalized spacial score (nSPS) is 10.4. The lowest BCUT2D eigenvalue weighted by Gasteiger charge is -2.10. The molecule has 0 bridgehead atoms. The fourth-order valence-electron chi connectivity index (χ4n) is 1.52. The van der Waals surface area contributed by atoms with E-state index in [-0.39, 0.29) is 0 Å². The maximum atomic E-state index is 5.81. The Morgan fingerprint density at radius 1 is 0.944 bits per heavy atom. The van der Waals surface area contributed by atoms with Gasteiger partial charge in [0.25, 0.3) is 0 Å². The summed E-state index contributed by atoms with van der Waals surface area (Å²) >= 11 is 10.5. The zero-order valence-corrected chi connectivity index (χ0v) is 14.3. The number of rotatable bonds is 4. The highest BCUT2D eigenvalue weighted by Gasteiger charge is 2.04. The topological polar surface area (TPSA) is 9.23 Å². The molecule has 0 unspecified atom stereocenters. The second-order valence-electron chi connectivity index (χ2n) is 3.78. The van der Waals surface area contributed by atoms with Gasteiger partial charge >= 0.3 is 0 Å². The van der Waals surface area contributed by atoms with Crippen LogP contribution in [0.1, 0.15) is 11.1 Å². The van der Waals surface area contributed by atoms with Crippen molar-refractivity contribution in [2.45, 2.75) is 11.9 Å². The van der Waals surface area contributed by atoms with Crippen molar-refractivity contribution >= 4 is 47.8 Å². The maximum absolute atomic E-state index is 5.81. The predicted molar refractivity (Wildman–Crippen MR) is 85.2 cm³/mol. The smallest absolute Gasteiger partial charge is 0.134 e. The van der Waals surface area contributed by atoms with Crippen LogP contribution in [0.15, 0.2) is 51.4 Å². The highest BCUT2D eigenvalue weighted by molar-refractivity contribution is 9.11. The van der Waals surface area contributed by atoms with Gasteiger partial charge in [-0.3, -0.25) is 0 Å². The van der Waals surface area contributed by atoms with Crippen molar-refractivity contribution < 1.29 is 4.74 Å². The summed E-state index contributed by atoms with van der Waals surface area (Å²) in [5.41, 5.74) is 2.35. The van der Waals surface area contributed by atoms with Crippen LogP contribution in [0.3, 0.4) is 0 Å². The Labute approximate surface area is 132 Å². The molecule has 94 valence electrons. The van der Waals surface area contributed by atoms with Gasteiger partial charge in [0.15, 0.2) is 0 Å². The summed E-state index contributed by atoms with van der Waals surface area (Å²) < 4.78 is 7.86. The molecule has 0 fully saturated rings. The van der Waals surface area contributed by atoms with Crippen LogP contribution in [-0.4, -0.2) is 0 Å². The molecule has 2 aromatic rings. The molecule has 0 atom stereocenters. The number of halogens is 3. The van der Waals surface area contributed by atoms with Gasteiger partial charge in [-0.1, -0.05) is 56.1 Å². The summed E-state index contributed by atoms with van der Waals surface area (Å²) in [6, 6.07) is 14.2. The van der Waals surface area contributed by atoms with Crippen LogP contribution in [0, 0.1) is 0 Å². The number of alkyl halides is 1. The average molecular weight is 435 g/mol. The Bertz CT molecular complexity index is 540. The molecule has 0 aliphatic carbocycles. The van der Waals surface area contributed by atoms with E-state index in [1.165, 1.54) is 5.56 Å². The van der Waals surface area contributed by atoms with E-state index in [0.29, 0.717) is 6.61 Å². The van der Waals surface area contributed by atoms with Crippen LogP contribution in [0.25, 0.3) is 0 Å². The first-order chi connectivity index (χ1) is 8.70. The van der Waals surface area contributed by atoms with Gasteiger partial charge in [0.2, 0.25) is 0 Å². The van der Waals surface area contributed by atoms with Crippen LogP contribution >= 0.6 is 47.8 Å².